The summed E-state index contributed by atoms with van der Waals surface area (Å²) in [6.07, 6.45) is 1.52. The Labute approximate surface area is 146 Å². The molecule has 1 unspecified atom stereocenters. The summed E-state index contributed by atoms with van der Waals surface area (Å²) in [6.45, 7) is 3.98. The predicted octanol–water partition coefficient (Wildman–Crippen LogP) is 3.47. The van der Waals surface area contributed by atoms with Crippen LogP contribution in [0.15, 0.2) is 42.6 Å². The minimum atomic E-state index is -0.482. The number of esters is 1. The lowest BCUT2D eigenvalue weighted by Gasteiger charge is -2.20. The Morgan fingerprint density at radius 1 is 1.29 bits per heavy atom. The summed E-state index contributed by atoms with van der Waals surface area (Å²) in [5.74, 6) is -0.685. The number of aromatic nitrogens is 1. The molecule has 0 spiro atoms. The first-order valence-electron chi connectivity index (χ1n) is 7.64. The zero-order valence-corrected chi connectivity index (χ0v) is 14.3. The van der Waals surface area contributed by atoms with Gasteiger partial charge in [0.15, 0.2) is 0 Å². The smallest absolute Gasteiger partial charge is 0.308 e. The van der Waals surface area contributed by atoms with Crippen molar-refractivity contribution in [2.24, 2.45) is 0 Å². The number of nitrogens with one attached hydrogen (secondary N) is 1. The number of ether oxygens (including phenoxy) is 1. The number of benzene rings is 1. The van der Waals surface area contributed by atoms with Crippen LogP contribution in [0, 0.1) is 6.92 Å². The van der Waals surface area contributed by atoms with Crippen molar-refractivity contribution in [3.63, 3.8) is 0 Å². The number of halogens is 1. The first kappa shape index (κ1) is 17.9. The van der Waals surface area contributed by atoms with Crippen LogP contribution in [0.3, 0.4) is 0 Å². The molecule has 1 aromatic heterocycles. The Hall–Kier alpha value is -2.40. The molecule has 126 valence electrons. The second-order valence-corrected chi connectivity index (χ2v) is 5.65. The predicted molar refractivity (Wildman–Crippen MR) is 91.9 cm³/mol. The number of rotatable bonds is 6. The van der Waals surface area contributed by atoms with Gasteiger partial charge in [0.25, 0.3) is 5.91 Å². The van der Waals surface area contributed by atoms with E-state index in [1.165, 1.54) is 12.3 Å². The maximum atomic E-state index is 12.5. The van der Waals surface area contributed by atoms with Crippen LogP contribution >= 0.6 is 11.6 Å². The van der Waals surface area contributed by atoms with Crippen LogP contribution < -0.4 is 5.32 Å². The number of carbonyl (C=O) groups excluding carboxylic acids is 2. The van der Waals surface area contributed by atoms with Crippen molar-refractivity contribution in [1.82, 2.24) is 10.3 Å². The van der Waals surface area contributed by atoms with Gasteiger partial charge >= 0.3 is 5.97 Å². The van der Waals surface area contributed by atoms with Crippen molar-refractivity contribution in [1.29, 1.82) is 0 Å². The van der Waals surface area contributed by atoms with E-state index in [2.05, 4.69) is 10.3 Å². The highest BCUT2D eigenvalue weighted by Crippen LogP contribution is 2.22. The van der Waals surface area contributed by atoms with E-state index in [9.17, 15) is 9.59 Å². The molecule has 1 atom stereocenters. The lowest BCUT2D eigenvalue weighted by molar-refractivity contribution is -0.143. The van der Waals surface area contributed by atoms with Crippen molar-refractivity contribution in [3.05, 3.63) is 64.4 Å². The molecule has 0 saturated heterocycles. The summed E-state index contributed by atoms with van der Waals surface area (Å²) in [6, 6.07) is 10.2. The van der Waals surface area contributed by atoms with Gasteiger partial charge in [0.05, 0.1) is 19.1 Å². The average molecular weight is 347 g/mol. The Kier molecular flexibility index (Phi) is 6.32. The van der Waals surface area contributed by atoms with Crippen LogP contribution in [0.25, 0.3) is 0 Å². The monoisotopic (exact) mass is 346 g/mol. The number of nitrogens with zero attached hydrogens (tertiary/aromatic N) is 1. The maximum Gasteiger partial charge on any atom is 0.308 e. The van der Waals surface area contributed by atoms with E-state index >= 15 is 0 Å². The fraction of sp³-hybridized carbons (Fsp3) is 0.278. The van der Waals surface area contributed by atoms with Gasteiger partial charge in [-0.05, 0) is 37.1 Å². The zero-order chi connectivity index (χ0) is 17.5. The van der Waals surface area contributed by atoms with Crippen molar-refractivity contribution < 1.29 is 14.3 Å². The Bertz CT molecular complexity index is 734. The number of hydrogen-bond acceptors (Lipinski definition) is 4. The summed E-state index contributed by atoms with van der Waals surface area (Å²) in [5, 5.41) is 3.12. The summed E-state index contributed by atoms with van der Waals surface area (Å²) in [4.78, 5) is 28.2. The van der Waals surface area contributed by atoms with Gasteiger partial charge in [-0.2, -0.15) is 0 Å². The van der Waals surface area contributed by atoms with Crippen LogP contribution in [0.1, 0.15) is 40.9 Å². The fourth-order valence-corrected chi connectivity index (χ4v) is 2.56. The van der Waals surface area contributed by atoms with Crippen molar-refractivity contribution in [3.8, 4) is 0 Å². The third-order valence-corrected chi connectivity index (χ3v) is 3.74. The largest absolute Gasteiger partial charge is 0.466 e. The van der Waals surface area contributed by atoms with E-state index in [1.807, 2.05) is 31.2 Å². The standard InChI is InChI=1S/C18H19ClN2O3/c1-3-24-17(22)11-15(14-7-5-4-6-12(14)2)21-18(23)13-8-9-20-16(19)10-13/h4-10,15H,3,11H2,1-2H3,(H,21,23). The van der Waals surface area contributed by atoms with Crippen molar-refractivity contribution in [2.45, 2.75) is 26.3 Å². The molecule has 24 heavy (non-hydrogen) atoms. The van der Waals surface area contributed by atoms with Gasteiger partial charge in [-0.15, -0.1) is 0 Å². The summed E-state index contributed by atoms with van der Waals surface area (Å²) in [7, 11) is 0. The van der Waals surface area contributed by atoms with E-state index < -0.39 is 6.04 Å². The first-order chi connectivity index (χ1) is 11.5. The molecule has 0 saturated carbocycles. The van der Waals surface area contributed by atoms with Crippen LogP contribution in [0.5, 0.6) is 0 Å². The van der Waals surface area contributed by atoms with E-state index in [-0.39, 0.29) is 23.5 Å². The number of aryl methyl sites for hydroxylation is 1. The molecular weight excluding hydrogens is 328 g/mol. The zero-order valence-electron chi connectivity index (χ0n) is 13.6. The van der Waals surface area contributed by atoms with Gasteiger partial charge in [-0.1, -0.05) is 35.9 Å². The molecular formula is C18H19ClN2O3. The lowest BCUT2D eigenvalue weighted by atomic mass is 9.98. The normalized spacial score (nSPS) is 11.6. The minimum absolute atomic E-state index is 0.0588. The molecule has 0 aliphatic carbocycles. The summed E-state index contributed by atoms with van der Waals surface area (Å²) < 4.78 is 5.02. The molecule has 1 amide bonds. The third-order valence-electron chi connectivity index (χ3n) is 3.53. The van der Waals surface area contributed by atoms with Crippen LogP contribution in [-0.2, 0) is 9.53 Å². The highest BCUT2D eigenvalue weighted by atomic mass is 35.5. The Morgan fingerprint density at radius 3 is 2.71 bits per heavy atom. The number of amides is 1. The number of pyridine rings is 1. The highest BCUT2D eigenvalue weighted by molar-refractivity contribution is 6.29. The molecule has 0 bridgehead atoms. The summed E-state index contributed by atoms with van der Waals surface area (Å²) >= 11 is 5.83. The van der Waals surface area contributed by atoms with Gasteiger partial charge in [0.1, 0.15) is 5.15 Å². The molecule has 1 N–H and O–H groups in total. The molecule has 0 aliphatic heterocycles. The van der Waals surface area contributed by atoms with Gasteiger partial charge in [0, 0.05) is 11.8 Å². The minimum Gasteiger partial charge on any atom is -0.466 e. The molecule has 0 radical (unpaired) electrons. The summed E-state index contributed by atoms with van der Waals surface area (Å²) in [5.41, 5.74) is 2.25. The van der Waals surface area contributed by atoms with Crippen LogP contribution in [0.2, 0.25) is 5.15 Å². The van der Waals surface area contributed by atoms with Gasteiger partial charge < -0.3 is 10.1 Å². The molecule has 2 rings (SSSR count). The van der Waals surface area contributed by atoms with Crippen molar-refractivity contribution in [2.75, 3.05) is 6.61 Å². The van der Waals surface area contributed by atoms with Crippen LogP contribution in [0.4, 0.5) is 0 Å². The Morgan fingerprint density at radius 2 is 2.04 bits per heavy atom. The molecule has 0 aliphatic rings. The molecule has 5 nitrogen and oxygen atoms in total. The van der Waals surface area contributed by atoms with Crippen molar-refractivity contribution >= 4 is 23.5 Å². The molecule has 0 fully saturated rings. The molecule has 1 heterocycles. The van der Waals surface area contributed by atoms with Gasteiger partial charge in [0.2, 0.25) is 0 Å². The average Bonchev–Trinajstić information content (AvgIpc) is 2.55. The quantitative estimate of drug-likeness (QED) is 0.642. The Balaban J connectivity index is 2.24. The van der Waals surface area contributed by atoms with E-state index in [0.717, 1.165) is 11.1 Å². The van der Waals surface area contributed by atoms with Crippen LogP contribution in [-0.4, -0.2) is 23.5 Å². The topological polar surface area (TPSA) is 68.3 Å². The van der Waals surface area contributed by atoms with E-state index in [4.69, 9.17) is 16.3 Å². The second kappa shape index (κ2) is 8.45. The number of carbonyl (C=O) groups is 2. The second-order valence-electron chi connectivity index (χ2n) is 5.26. The highest BCUT2D eigenvalue weighted by Gasteiger charge is 2.21. The SMILES string of the molecule is CCOC(=O)CC(NC(=O)c1ccnc(Cl)c1)c1ccccc1C. The first-order valence-corrected chi connectivity index (χ1v) is 8.02. The van der Waals surface area contributed by atoms with Gasteiger partial charge in [-0.3, -0.25) is 9.59 Å². The van der Waals surface area contributed by atoms with E-state index in [1.54, 1.807) is 13.0 Å². The third kappa shape index (κ3) is 4.80. The maximum absolute atomic E-state index is 12.5. The molecule has 6 heteroatoms. The molecule has 2 aromatic rings. The number of hydrogen-bond donors (Lipinski definition) is 1. The fourth-order valence-electron chi connectivity index (χ4n) is 2.39. The van der Waals surface area contributed by atoms with E-state index in [0.29, 0.717) is 12.2 Å². The molecule has 1 aromatic carbocycles. The lowest BCUT2D eigenvalue weighted by Crippen LogP contribution is -2.31. The van der Waals surface area contributed by atoms with Gasteiger partial charge in [-0.25, -0.2) is 4.98 Å².